The van der Waals surface area contributed by atoms with Gasteiger partial charge in [0, 0.05) is 7.11 Å². The standard InChI is InChI=1S/C6H12O5/c1-10-2-3-4(7)5(8)6(9)11-3/h3-9H,2H2,1H3/t3-,4-,5-,6-/m1/s1. The number of methoxy groups -OCH3 is 1. The highest BCUT2D eigenvalue weighted by molar-refractivity contribution is 4.85. The summed E-state index contributed by atoms with van der Waals surface area (Å²) in [5, 5.41) is 27.0. The number of aliphatic hydroxyl groups is 3. The van der Waals surface area contributed by atoms with Crippen LogP contribution in [0.3, 0.4) is 0 Å². The van der Waals surface area contributed by atoms with Crippen LogP contribution in [0.15, 0.2) is 0 Å². The molecule has 1 saturated heterocycles. The second kappa shape index (κ2) is 3.46. The van der Waals surface area contributed by atoms with Gasteiger partial charge in [-0.15, -0.1) is 0 Å². The number of hydrogen-bond acceptors (Lipinski definition) is 5. The minimum absolute atomic E-state index is 0.162. The summed E-state index contributed by atoms with van der Waals surface area (Å²) in [6.07, 6.45) is -4.23. The van der Waals surface area contributed by atoms with Gasteiger partial charge in [-0.1, -0.05) is 0 Å². The quantitative estimate of drug-likeness (QED) is 0.443. The Morgan fingerprint density at radius 3 is 2.27 bits per heavy atom. The Labute approximate surface area is 64.2 Å². The van der Waals surface area contributed by atoms with Gasteiger partial charge < -0.3 is 24.8 Å². The largest absolute Gasteiger partial charge is 0.387 e. The van der Waals surface area contributed by atoms with Crippen LogP contribution in [-0.4, -0.2) is 53.6 Å². The average molecular weight is 164 g/mol. The van der Waals surface area contributed by atoms with Crippen molar-refractivity contribution in [2.45, 2.75) is 24.6 Å². The predicted molar refractivity (Wildman–Crippen MR) is 34.8 cm³/mol. The van der Waals surface area contributed by atoms with Gasteiger partial charge in [-0.25, -0.2) is 0 Å². The Morgan fingerprint density at radius 2 is 1.91 bits per heavy atom. The minimum Gasteiger partial charge on any atom is -0.387 e. The molecule has 5 heteroatoms. The van der Waals surface area contributed by atoms with Gasteiger partial charge in [-0.2, -0.15) is 0 Å². The Balaban J connectivity index is 2.45. The first-order valence-electron chi connectivity index (χ1n) is 3.35. The smallest absolute Gasteiger partial charge is 0.184 e. The van der Waals surface area contributed by atoms with Crippen molar-refractivity contribution >= 4 is 0 Å². The molecule has 0 aromatic rings. The lowest BCUT2D eigenvalue weighted by atomic mass is 10.1. The Hall–Kier alpha value is -0.200. The fourth-order valence-electron chi connectivity index (χ4n) is 1.03. The second-order valence-corrected chi connectivity index (χ2v) is 2.50. The van der Waals surface area contributed by atoms with Gasteiger partial charge in [0.05, 0.1) is 6.61 Å². The molecule has 0 saturated carbocycles. The molecule has 0 radical (unpaired) electrons. The lowest BCUT2D eigenvalue weighted by Crippen LogP contribution is -2.34. The SMILES string of the molecule is COC[C@H]1O[C@@H](O)[C@H](O)[C@@H]1O. The van der Waals surface area contributed by atoms with Crippen LogP contribution >= 0.6 is 0 Å². The third-order valence-corrected chi connectivity index (χ3v) is 1.67. The van der Waals surface area contributed by atoms with Crippen LogP contribution in [0.4, 0.5) is 0 Å². The fraction of sp³-hybridized carbons (Fsp3) is 1.00. The summed E-state index contributed by atoms with van der Waals surface area (Å²) in [7, 11) is 1.45. The van der Waals surface area contributed by atoms with Crippen molar-refractivity contribution in [1.29, 1.82) is 0 Å². The summed E-state index contributed by atoms with van der Waals surface area (Å²) in [6, 6.07) is 0. The lowest BCUT2D eigenvalue weighted by molar-refractivity contribution is -0.134. The molecule has 66 valence electrons. The Bertz CT molecular complexity index is 128. The van der Waals surface area contributed by atoms with Crippen LogP contribution in [0.5, 0.6) is 0 Å². The van der Waals surface area contributed by atoms with Crippen molar-refractivity contribution in [3.8, 4) is 0 Å². The molecule has 0 aliphatic carbocycles. The van der Waals surface area contributed by atoms with Crippen LogP contribution in [0, 0.1) is 0 Å². The van der Waals surface area contributed by atoms with Gasteiger partial charge >= 0.3 is 0 Å². The van der Waals surface area contributed by atoms with Crippen LogP contribution in [-0.2, 0) is 9.47 Å². The summed E-state index contributed by atoms with van der Waals surface area (Å²) in [5.41, 5.74) is 0. The molecular formula is C6H12O5. The molecule has 11 heavy (non-hydrogen) atoms. The first-order valence-corrected chi connectivity index (χ1v) is 3.35. The van der Waals surface area contributed by atoms with E-state index in [2.05, 4.69) is 4.74 Å². The highest BCUT2D eigenvalue weighted by Gasteiger charge is 2.41. The molecule has 1 aliphatic heterocycles. The van der Waals surface area contributed by atoms with Crippen molar-refractivity contribution in [3.63, 3.8) is 0 Å². The third kappa shape index (κ3) is 1.69. The molecular weight excluding hydrogens is 152 g/mol. The van der Waals surface area contributed by atoms with Gasteiger partial charge in [0.15, 0.2) is 6.29 Å². The maximum absolute atomic E-state index is 9.14. The molecule has 4 atom stereocenters. The molecule has 3 N–H and O–H groups in total. The van der Waals surface area contributed by atoms with E-state index >= 15 is 0 Å². The average Bonchev–Trinajstić information content (AvgIpc) is 2.19. The Morgan fingerprint density at radius 1 is 1.27 bits per heavy atom. The summed E-state index contributed by atoms with van der Waals surface area (Å²) in [6.45, 7) is 0.162. The first-order chi connectivity index (χ1) is 5.16. The predicted octanol–water partition coefficient (Wildman–Crippen LogP) is -1.93. The zero-order valence-corrected chi connectivity index (χ0v) is 6.17. The zero-order valence-electron chi connectivity index (χ0n) is 6.17. The summed E-state index contributed by atoms with van der Waals surface area (Å²) in [5.74, 6) is 0. The molecule has 1 aliphatic rings. The van der Waals surface area contributed by atoms with E-state index in [4.69, 9.17) is 20.1 Å². The topological polar surface area (TPSA) is 79.2 Å². The van der Waals surface area contributed by atoms with Crippen LogP contribution < -0.4 is 0 Å². The number of rotatable bonds is 2. The van der Waals surface area contributed by atoms with E-state index in [0.29, 0.717) is 0 Å². The molecule has 0 unspecified atom stereocenters. The van der Waals surface area contributed by atoms with Gasteiger partial charge in [0.1, 0.15) is 18.3 Å². The van der Waals surface area contributed by atoms with Crippen LogP contribution in [0.25, 0.3) is 0 Å². The second-order valence-electron chi connectivity index (χ2n) is 2.50. The maximum atomic E-state index is 9.14. The van der Waals surface area contributed by atoms with E-state index in [1.165, 1.54) is 7.11 Å². The molecule has 0 aromatic heterocycles. The molecule has 0 bridgehead atoms. The number of ether oxygens (including phenoxy) is 2. The first kappa shape index (κ1) is 8.89. The fourth-order valence-corrected chi connectivity index (χ4v) is 1.03. The van der Waals surface area contributed by atoms with Crippen molar-refractivity contribution in [2.75, 3.05) is 13.7 Å². The minimum atomic E-state index is -1.30. The van der Waals surface area contributed by atoms with Crippen LogP contribution in [0.2, 0.25) is 0 Å². The maximum Gasteiger partial charge on any atom is 0.184 e. The van der Waals surface area contributed by atoms with Crippen molar-refractivity contribution in [3.05, 3.63) is 0 Å². The number of hydrogen-bond donors (Lipinski definition) is 3. The number of aliphatic hydroxyl groups excluding tert-OH is 3. The highest BCUT2D eigenvalue weighted by atomic mass is 16.7. The normalized spacial score (nSPS) is 44.7. The van der Waals surface area contributed by atoms with E-state index in [0.717, 1.165) is 0 Å². The molecule has 5 nitrogen and oxygen atoms in total. The summed E-state index contributed by atoms with van der Waals surface area (Å²) in [4.78, 5) is 0. The zero-order chi connectivity index (χ0) is 8.43. The van der Waals surface area contributed by atoms with E-state index in [1.807, 2.05) is 0 Å². The monoisotopic (exact) mass is 164 g/mol. The van der Waals surface area contributed by atoms with Gasteiger partial charge in [-0.3, -0.25) is 0 Å². The summed E-state index contributed by atoms with van der Waals surface area (Å²) >= 11 is 0. The molecule has 1 rings (SSSR count). The molecule has 0 aromatic carbocycles. The molecule has 1 fully saturated rings. The highest BCUT2D eigenvalue weighted by Crippen LogP contribution is 2.19. The van der Waals surface area contributed by atoms with E-state index in [1.54, 1.807) is 0 Å². The van der Waals surface area contributed by atoms with E-state index in [9.17, 15) is 0 Å². The Kier molecular flexibility index (Phi) is 2.80. The lowest BCUT2D eigenvalue weighted by Gasteiger charge is -2.11. The van der Waals surface area contributed by atoms with Gasteiger partial charge in [-0.05, 0) is 0 Å². The van der Waals surface area contributed by atoms with E-state index < -0.39 is 24.6 Å². The van der Waals surface area contributed by atoms with Crippen molar-refractivity contribution < 1.29 is 24.8 Å². The molecule has 1 heterocycles. The molecule has 0 amide bonds. The van der Waals surface area contributed by atoms with Crippen molar-refractivity contribution in [2.24, 2.45) is 0 Å². The van der Waals surface area contributed by atoms with Crippen LogP contribution in [0.1, 0.15) is 0 Å². The molecule has 0 spiro atoms. The van der Waals surface area contributed by atoms with Gasteiger partial charge in [0.25, 0.3) is 0 Å². The van der Waals surface area contributed by atoms with Crippen molar-refractivity contribution in [1.82, 2.24) is 0 Å². The van der Waals surface area contributed by atoms with Gasteiger partial charge in [0.2, 0.25) is 0 Å². The van der Waals surface area contributed by atoms with E-state index in [-0.39, 0.29) is 6.61 Å². The summed E-state index contributed by atoms with van der Waals surface area (Å²) < 4.78 is 9.44. The third-order valence-electron chi connectivity index (χ3n) is 1.67.